The number of nitrogens with zero attached hydrogens (tertiary/aromatic N) is 3. The van der Waals surface area contributed by atoms with Crippen LogP contribution in [0.1, 0.15) is 58.8 Å². The van der Waals surface area contributed by atoms with Crippen LogP contribution in [-0.2, 0) is 16.1 Å². The molecule has 6 heteroatoms. The first-order chi connectivity index (χ1) is 13.4. The van der Waals surface area contributed by atoms with Crippen LogP contribution in [0, 0.1) is 5.92 Å². The van der Waals surface area contributed by atoms with Crippen molar-refractivity contribution < 1.29 is 9.53 Å². The quantitative estimate of drug-likeness (QED) is 0.622. The predicted molar refractivity (Wildman–Crippen MR) is 112 cm³/mol. The highest BCUT2D eigenvalue weighted by atomic mass is 16.5. The molecule has 1 aromatic carbocycles. The standard InChI is InChI=1S/C22H33N3O3/c1-6-12-24(20(26)15-16(3)4)19(7-2)21-23-18-11-9-8-10-17(18)22(27)25(21)13-14-28-5/h8-11,16,19H,6-7,12-15H2,1-5H3. The lowest BCUT2D eigenvalue weighted by Gasteiger charge is -2.32. The third-order valence-corrected chi connectivity index (χ3v) is 4.84. The minimum absolute atomic E-state index is 0.0798. The summed E-state index contributed by atoms with van der Waals surface area (Å²) < 4.78 is 6.91. The van der Waals surface area contributed by atoms with E-state index in [1.165, 1.54) is 0 Å². The van der Waals surface area contributed by atoms with E-state index in [2.05, 4.69) is 6.92 Å². The summed E-state index contributed by atoms with van der Waals surface area (Å²) in [5.74, 6) is 1.04. The van der Waals surface area contributed by atoms with Gasteiger partial charge >= 0.3 is 0 Å². The van der Waals surface area contributed by atoms with Crippen LogP contribution in [0.3, 0.4) is 0 Å². The molecule has 0 bridgehead atoms. The molecule has 28 heavy (non-hydrogen) atoms. The Morgan fingerprint density at radius 2 is 1.96 bits per heavy atom. The maximum absolute atomic E-state index is 13.2. The van der Waals surface area contributed by atoms with Crippen molar-refractivity contribution in [1.29, 1.82) is 0 Å². The summed E-state index contributed by atoms with van der Waals surface area (Å²) in [5, 5.41) is 0.591. The monoisotopic (exact) mass is 387 g/mol. The van der Waals surface area contributed by atoms with Crippen molar-refractivity contribution in [1.82, 2.24) is 14.5 Å². The van der Waals surface area contributed by atoms with Gasteiger partial charge in [0.25, 0.3) is 5.56 Å². The summed E-state index contributed by atoms with van der Waals surface area (Å²) in [5.41, 5.74) is 0.589. The lowest BCUT2D eigenvalue weighted by molar-refractivity contribution is -0.134. The molecule has 1 heterocycles. The summed E-state index contributed by atoms with van der Waals surface area (Å²) >= 11 is 0. The number of methoxy groups -OCH3 is 1. The fourth-order valence-electron chi connectivity index (χ4n) is 3.54. The Morgan fingerprint density at radius 3 is 2.57 bits per heavy atom. The lowest BCUT2D eigenvalue weighted by atomic mass is 10.1. The normalized spacial score (nSPS) is 12.5. The topological polar surface area (TPSA) is 64.4 Å². The molecule has 2 rings (SSSR count). The van der Waals surface area contributed by atoms with E-state index in [0.29, 0.717) is 49.3 Å². The minimum atomic E-state index is -0.236. The first-order valence-electron chi connectivity index (χ1n) is 10.2. The maximum atomic E-state index is 13.2. The van der Waals surface area contributed by atoms with Gasteiger partial charge in [-0.05, 0) is 30.9 Å². The van der Waals surface area contributed by atoms with Crippen LogP contribution in [0.15, 0.2) is 29.1 Å². The van der Waals surface area contributed by atoms with Crippen molar-refractivity contribution in [2.75, 3.05) is 20.3 Å². The van der Waals surface area contributed by atoms with Gasteiger partial charge in [-0.1, -0.05) is 39.8 Å². The van der Waals surface area contributed by atoms with Gasteiger partial charge in [0, 0.05) is 20.1 Å². The number of carbonyl (C=O) groups is 1. The van der Waals surface area contributed by atoms with E-state index in [1.807, 2.05) is 43.9 Å². The first-order valence-corrected chi connectivity index (χ1v) is 10.2. The van der Waals surface area contributed by atoms with E-state index in [4.69, 9.17) is 9.72 Å². The number of carbonyl (C=O) groups excluding carboxylic acids is 1. The molecule has 0 N–H and O–H groups in total. The Balaban J connectivity index is 2.61. The Morgan fingerprint density at radius 1 is 1.25 bits per heavy atom. The number of para-hydroxylation sites is 1. The van der Waals surface area contributed by atoms with Gasteiger partial charge in [0.15, 0.2) is 0 Å². The Kier molecular flexibility index (Phi) is 8.18. The van der Waals surface area contributed by atoms with Crippen molar-refractivity contribution in [3.05, 3.63) is 40.4 Å². The molecule has 0 aliphatic heterocycles. The molecule has 0 radical (unpaired) electrons. The highest BCUT2D eigenvalue weighted by molar-refractivity contribution is 5.78. The number of hydrogen-bond donors (Lipinski definition) is 0. The van der Waals surface area contributed by atoms with Crippen molar-refractivity contribution in [3.8, 4) is 0 Å². The average Bonchev–Trinajstić information content (AvgIpc) is 2.67. The number of rotatable bonds is 10. The number of fused-ring (bicyclic) bond motifs is 1. The minimum Gasteiger partial charge on any atom is -0.383 e. The van der Waals surface area contributed by atoms with Crippen LogP contribution >= 0.6 is 0 Å². The van der Waals surface area contributed by atoms with Crippen molar-refractivity contribution in [2.24, 2.45) is 5.92 Å². The highest BCUT2D eigenvalue weighted by Gasteiger charge is 2.28. The van der Waals surface area contributed by atoms with E-state index < -0.39 is 0 Å². The zero-order valence-electron chi connectivity index (χ0n) is 17.8. The van der Waals surface area contributed by atoms with Gasteiger partial charge in [0.1, 0.15) is 5.82 Å². The van der Waals surface area contributed by atoms with Crippen LogP contribution in [0.5, 0.6) is 0 Å². The second-order valence-electron chi connectivity index (χ2n) is 7.55. The van der Waals surface area contributed by atoms with Crippen LogP contribution < -0.4 is 5.56 Å². The molecule has 1 amide bonds. The summed E-state index contributed by atoms with van der Waals surface area (Å²) in [6.07, 6.45) is 2.05. The number of benzene rings is 1. The van der Waals surface area contributed by atoms with Gasteiger partial charge in [-0.2, -0.15) is 0 Å². The smallest absolute Gasteiger partial charge is 0.261 e. The number of amides is 1. The number of aromatic nitrogens is 2. The third-order valence-electron chi connectivity index (χ3n) is 4.84. The SMILES string of the molecule is CCCN(C(=O)CC(C)C)C(CC)c1nc2ccccc2c(=O)n1CCOC. The Hall–Kier alpha value is -2.21. The van der Waals surface area contributed by atoms with Crippen LogP contribution in [0.2, 0.25) is 0 Å². The van der Waals surface area contributed by atoms with Crippen molar-refractivity contribution in [2.45, 2.75) is 59.5 Å². The van der Waals surface area contributed by atoms with Crippen molar-refractivity contribution in [3.63, 3.8) is 0 Å². The molecular weight excluding hydrogens is 354 g/mol. The van der Waals surface area contributed by atoms with Gasteiger partial charge in [-0.3, -0.25) is 14.2 Å². The average molecular weight is 388 g/mol. The molecule has 0 aliphatic carbocycles. The second kappa shape index (κ2) is 10.4. The molecule has 0 saturated carbocycles. The molecule has 0 saturated heterocycles. The lowest BCUT2D eigenvalue weighted by Crippen LogP contribution is -2.40. The maximum Gasteiger partial charge on any atom is 0.261 e. The van der Waals surface area contributed by atoms with Crippen LogP contribution in [0.4, 0.5) is 0 Å². The third kappa shape index (κ3) is 4.98. The number of ether oxygens (including phenoxy) is 1. The van der Waals surface area contributed by atoms with Crippen LogP contribution in [-0.4, -0.2) is 40.6 Å². The van der Waals surface area contributed by atoms with Gasteiger partial charge in [0.2, 0.25) is 5.91 Å². The molecule has 2 aromatic rings. The summed E-state index contributed by atoms with van der Waals surface area (Å²) in [4.78, 5) is 32.9. The summed E-state index contributed by atoms with van der Waals surface area (Å²) in [6, 6.07) is 7.14. The highest BCUT2D eigenvalue weighted by Crippen LogP contribution is 2.25. The fourth-order valence-corrected chi connectivity index (χ4v) is 3.54. The molecule has 1 atom stereocenters. The number of hydrogen-bond acceptors (Lipinski definition) is 4. The molecule has 154 valence electrons. The van der Waals surface area contributed by atoms with E-state index in [0.717, 1.165) is 6.42 Å². The molecule has 0 spiro atoms. The van der Waals surface area contributed by atoms with E-state index in [-0.39, 0.29) is 23.4 Å². The molecule has 6 nitrogen and oxygen atoms in total. The summed E-state index contributed by atoms with van der Waals surface area (Å²) in [6.45, 7) is 9.68. The van der Waals surface area contributed by atoms with E-state index in [9.17, 15) is 9.59 Å². The van der Waals surface area contributed by atoms with Gasteiger partial charge in [-0.25, -0.2) is 4.98 Å². The molecule has 0 aliphatic rings. The van der Waals surface area contributed by atoms with E-state index >= 15 is 0 Å². The molecule has 1 unspecified atom stereocenters. The zero-order valence-corrected chi connectivity index (χ0v) is 17.8. The zero-order chi connectivity index (χ0) is 20.7. The Labute approximate surface area is 167 Å². The van der Waals surface area contributed by atoms with Crippen LogP contribution in [0.25, 0.3) is 10.9 Å². The fraction of sp³-hybridized carbons (Fsp3) is 0.591. The molecule has 1 aromatic heterocycles. The summed E-state index contributed by atoms with van der Waals surface area (Å²) in [7, 11) is 1.62. The largest absolute Gasteiger partial charge is 0.383 e. The Bertz CT molecular complexity index is 845. The molecule has 0 fully saturated rings. The van der Waals surface area contributed by atoms with E-state index in [1.54, 1.807) is 17.7 Å². The van der Waals surface area contributed by atoms with Gasteiger partial charge < -0.3 is 9.64 Å². The van der Waals surface area contributed by atoms with Crippen molar-refractivity contribution >= 4 is 16.8 Å². The van der Waals surface area contributed by atoms with Gasteiger partial charge in [-0.15, -0.1) is 0 Å². The molecular formula is C22H33N3O3. The van der Waals surface area contributed by atoms with Gasteiger partial charge in [0.05, 0.1) is 30.1 Å². The predicted octanol–water partition coefficient (Wildman–Crippen LogP) is 3.78. The second-order valence-corrected chi connectivity index (χ2v) is 7.55. The first kappa shape index (κ1) is 22.1.